The van der Waals surface area contributed by atoms with E-state index in [-0.39, 0.29) is 22.9 Å². The predicted molar refractivity (Wildman–Crippen MR) is 136 cm³/mol. The molecule has 33 heavy (non-hydrogen) atoms. The molecule has 1 fully saturated rings. The Morgan fingerprint density at radius 2 is 1.70 bits per heavy atom. The molecule has 5 heteroatoms. The lowest BCUT2D eigenvalue weighted by Gasteiger charge is -2.33. The Kier molecular flexibility index (Phi) is 6.59. The highest BCUT2D eigenvalue weighted by atomic mass is 16.2. The van der Waals surface area contributed by atoms with Crippen LogP contribution in [0.3, 0.4) is 0 Å². The minimum absolute atomic E-state index is 0.0534. The lowest BCUT2D eigenvalue weighted by molar-refractivity contribution is -0.123. The largest absolute Gasteiger partial charge is 0.359 e. The molecule has 1 atom stereocenters. The van der Waals surface area contributed by atoms with Crippen LogP contribution in [0.25, 0.3) is 10.9 Å². The Labute approximate surface area is 196 Å². The van der Waals surface area contributed by atoms with Crippen molar-refractivity contribution < 1.29 is 4.79 Å². The van der Waals surface area contributed by atoms with Crippen molar-refractivity contribution in [2.75, 3.05) is 11.9 Å². The van der Waals surface area contributed by atoms with Crippen molar-refractivity contribution in [2.45, 2.75) is 70.4 Å². The van der Waals surface area contributed by atoms with Crippen LogP contribution >= 0.6 is 0 Å². The molecule has 2 aromatic carbocycles. The Hall–Kier alpha value is -3.08. The molecule has 0 aliphatic heterocycles. The highest BCUT2D eigenvalue weighted by Crippen LogP contribution is 2.32. The summed E-state index contributed by atoms with van der Waals surface area (Å²) in [6.07, 6.45) is 5.55. The van der Waals surface area contributed by atoms with Gasteiger partial charge in [-0.1, -0.05) is 70.4 Å². The van der Waals surface area contributed by atoms with Gasteiger partial charge in [-0.2, -0.15) is 0 Å². The van der Waals surface area contributed by atoms with Crippen molar-refractivity contribution in [3.05, 3.63) is 76.1 Å². The number of carbonyl (C=O) groups excluding carboxylic acids is 1. The van der Waals surface area contributed by atoms with Crippen molar-refractivity contribution in [2.24, 2.45) is 0 Å². The number of likely N-dealkylation sites (N-methyl/N-ethyl adjacent to an activating group) is 1. The van der Waals surface area contributed by atoms with Crippen LogP contribution in [0.4, 0.5) is 5.69 Å². The van der Waals surface area contributed by atoms with Crippen LogP contribution in [0.5, 0.6) is 0 Å². The van der Waals surface area contributed by atoms with E-state index in [9.17, 15) is 9.59 Å². The van der Waals surface area contributed by atoms with Crippen molar-refractivity contribution in [3.8, 4) is 0 Å². The zero-order valence-corrected chi connectivity index (χ0v) is 20.2. The number of benzene rings is 2. The number of rotatable bonds is 5. The number of H-pyrrole nitrogens is 1. The number of aromatic amines is 1. The topological polar surface area (TPSA) is 65.2 Å². The molecule has 0 spiro atoms. The Bertz CT molecular complexity index is 1170. The third-order valence-electron chi connectivity index (χ3n) is 6.80. The van der Waals surface area contributed by atoms with Crippen molar-refractivity contribution in [3.63, 3.8) is 0 Å². The van der Waals surface area contributed by atoms with Gasteiger partial charge in [-0.25, -0.2) is 0 Å². The molecule has 1 heterocycles. The minimum atomic E-state index is -0.611. The first-order valence-corrected chi connectivity index (χ1v) is 12.0. The fraction of sp³-hybridized carbons (Fsp3) is 0.429. The van der Waals surface area contributed by atoms with Gasteiger partial charge in [-0.05, 0) is 47.6 Å². The van der Waals surface area contributed by atoms with Gasteiger partial charge in [-0.15, -0.1) is 0 Å². The van der Waals surface area contributed by atoms with E-state index in [4.69, 9.17) is 0 Å². The van der Waals surface area contributed by atoms with Crippen LogP contribution in [0, 0.1) is 0 Å². The molecule has 1 unspecified atom stereocenters. The number of amides is 1. The third-order valence-corrected chi connectivity index (χ3v) is 6.80. The zero-order valence-electron chi connectivity index (χ0n) is 20.2. The van der Waals surface area contributed by atoms with Crippen molar-refractivity contribution in [1.82, 2.24) is 10.3 Å². The van der Waals surface area contributed by atoms with Gasteiger partial charge in [0.25, 0.3) is 0 Å². The summed E-state index contributed by atoms with van der Waals surface area (Å²) in [5, 5.41) is 4.18. The molecule has 5 nitrogen and oxygen atoms in total. The Morgan fingerprint density at radius 3 is 2.36 bits per heavy atom. The maximum Gasteiger partial charge on any atom is 0.248 e. The highest BCUT2D eigenvalue weighted by Gasteiger charge is 2.30. The van der Waals surface area contributed by atoms with E-state index in [0.29, 0.717) is 0 Å². The van der Waals surface area contributed by atoms with E-state index in [1.807, 2.05) is 36.2 Å². The molecular weight excluding hydrogens is 410 g/mol. The monoisotopic (exact) mass is 445 g/mol. The first-order chi connectivity index (χ1) is 15.7. The fourth-order valence-electron chi connectivity index (χ4n) is 4.86. The summed E-state index contributed by atoms with van der Waals surface area (Å²) in [6.45, 7) is 6.57. The summed E-state index contributed by atoms with van der Waals surface area (Å²) in [5.41, 5.74) is 3.51. The fourth-order valence-corrected chi connectivity index (χ4v) is 4.86. The minimum Gasteiger partial charge on any atom is -0.359 e. The summed E-state index contributed by atoms with van der Waals surface area (Å²) in [6, 6.07) is 17.2. The molecule has 1 amide bonds. The number of hydrogen-bond acceptors (Lipinski definition) is 3. The molecule has 1 aliphatic carbocycles. The lowest BCUT2D eigenvalue weighted by atomic mass is 9.87. The average molecular weight is 446 g/mol. The molecule has 0 bridgehead atoms. The third kappa shape index (κ3) is 5.13. The van der Waals surface area contributed by atoms with Crippen LogP contribution in [-0.2, 0) is 10.2 Å². The number of fused-ring (bicyclic) bond motifs is 1. The van der Waals surface area contributed by atoms with E-state index in [2.05, 4.69) is 55.3 Å². The van der Waals surface area contributed by atoms with Gasteiger partial charge in [0.15, 0.2) is 0 Å². The summed E-state index contributed by atoms with van der Waals surface area (Å²) in [7, 11) is 1.94. The van der Waals surface area contributed by atoms with E-state index in [1.165, 1.54) is 12.0 Å². The normalized spacial score (nSPS) is 15.9. The molecule has 2 N–H and O–H groups in total. The van der Waals surface area contributed by atoms with Crippen LogP contribution in [0.2, 0.25) is 0 Å². The maximum absolute atomic E-state index is 13.7. The summed E-state index contributed by atoms with van der Waals surface area (Å²) < 4.78 is 0. The van der Waals surface area contributed by atoms with E-state index >= 15 is 0 Å². The van der Waals surface area contributed by atoms with Gasteiger partial charge in [0.2, 0.25) is 11.5 Å². The van der Waals surface area contributed by atoms with Gasteiger partial charge in [0.1, 0.15) is 6.04 Å². The molecule has 0 saturated heterocycles. The number of pyridine rings is 1. The smallest absolute Gasteiger partial charge is 0.248 e. The quantitative estimate of drug-likeness (QED) is 0.549. The average Bonchev–Trinajstić information content (AvgIpc) is 2.79. The maximum atomic E-state index is 13.7. The molecular formula is C28H35N3O2. The first kappa shape index (κ1) is 23.1. The first-order valence-electron chi connectivity index (χ1n) is 12.0. The Balaban J connectivity index is 1.76. The molecule has 3 aromatic rings. The number of para-hydroxylation sites is 1. The molecule has 1 aromatic heterocycles. The number of aromatic nitrogens is 1. The number of hydrogen-bond donors (Lipinski definition) is 2. The van der Waals surface area contributed by atoms with E-state index in [0.717, 1.165) is 47.8 Å². The van der Waals surface area contributed by atoms with Crippen LogP contribution in [0.1, 0.15) is 70.0 Å². The van der Waals surface area contributed by atoms with Gasteiger partial charge >= 0.3 is 0 Å². The summed E-state index contributed by atoms with van der Waals surface area (Å²) in [4.78, 5) is 31.2. The second kappa shape index (κ2) is 9.42. The van der Waals surface area contributed by atoms with Gasteiger partial charge in [0.05, 0.1) is 0 Å². The zero-order chi connectivity index (χ0) is 23.6. The lowest BCUT2D eigenvalue weighted by Crippen LogP contribution is -2.44. The molecule has 4 rings (SSSR count). The summed E-state index contributed by atoms with van der Waals surface area (Å²) in [5.74, 6) is -0.0555. The van der Waals surface area contributed by atoms with E-state index in [1.54, 1.807) is 6.07 Å². The van der Waals surface area contributed by atoms with E-state index < -0.39 is 6.04 Å². The van der Waals surface area contributed by atoms with Gasteiger partial charge < -0.3 is 15.2 Å². The van der Waals surface area contributed by atoms with Gasteiger partial charge in [-0.3, -0.25) is 9.59 Å². The second-order valence-electron chi connectivity index (χ2n) is 10.3. The van der Waals surface area contributed by atoms with Crippen LogP contribution < -0.4 is 15.8 Å². The Morgan fingerprint density at radius 1 is 1.03 bits per heavy atom. The standard InChI is InChI=1S/C28H35N3O2/c1-28(2,3)19-14-16-21(17-15-19)31(4)26(27(33)29-20-10-6-5-7-11-20)23-18-25(32)30-24-13-9-8-12-22(23)24/h8-9,12-18,20,26H,5-7,10-11H2,1-4H3,(H,29,33)(H,30,32). The number of nitrogens with zero attached hydrogens (tertiary/aromatic N) is 1. The van der Waals surface area contributed by atoms with Crippen molar-refractivity contribution >= 4 is 22.5 Å². The summed E-state index contributed by atoms with van der Waals surface area (Å²) >= 11 is 0. The molecule has 174 valence electrons. The molecule has 0 radical (unpaired) electrons. The van der Waals surface area contributed by atoms with Crippen molar-refractivity contribution in [1.29, 1.82) is 0 Å². The highest BCUT2D eigenvalue weighted by molar-refractivity contribution is 5.93. The number of carbonyl (C=O) groups is 1. The van der Waals surface area contributed by atoms with Crippen LogP contribution in [-0.4, -0.2) is 24.0 Å². The molecule has 1 aliphatic rings. The number of anilines is 1. The molecule has 1 saturated carbocycles. The van der Waals surface area contributed by atoms with Gasteiger partial charge in [0, 0.05) is 35.7 Å². The predicted octanol–water partition coefficient (Wildman–Crippen LogP) is 5.45. The second-order valence-corrected chi connectivity index (χ2v) is 10.3. The van der Waals surface area contributed by atoms with Crippen LogP contribution in [0.15, 0.2) is 59.4 Å². The SMILES string of the molecule is CN(c1ccc(C(C)(C)C)cc1)C(C(=O)NC1CCCCC1)c1cc(=O)[nH]c2ccccc12. The number of nitrogens with one attached hydrogen (secondary N) is 2.